The molecule has 1 aromatic carbocycles. The fourth-order valence-corrected chi connectivity index (χ4v) is 3.22. The smallest absolute Gasteiger partial charge is 0.263 e. The second-order valence-electron chi connectivity index (χ2n) is 5.28. The molecule has 0 atom stereocenters. The fourth-order valence-electron chi connectivity index (χ4n) is 2.36. The zero-order valence-electron chi connectivity index (χ0n) is 14.5. The highest BCUT2D eigenvalue weighted by Crippen LogP contribution is 2.30. The number of hydrogen-bond acceptors (Lipinski definition) is 7. The van der Waals surface area contributed by atoms with Gasteiger partial charge in [0.2, 0.25) is 5.13 Å². The van der Waals surface area contributed by atoms with Crippen LogP contribution in [0.2, 0.25) is 0 Å². The minimum absolute atomic E-state index is 0.214. The van der Waals surface area contributed by atoms with Crippen molar-refractivity contribution in [3.63, 3.8) is 0 Å². The highest BCUT2D eigenvalue weighted by atomic mass is 32.1. The molecule has 0 spiro atoms. The maximum Gasteiger partial charge on any atom is 0.263 e. The standard InChI is InChI=1S/C18H18N4O3S/c1-24-11-10-22(17(23)14-7-3-4-8-15(14)25-2)18-21-20-16(26-18)13-6-5-9-19-12-13/h3-9,12H,10-11H2,1-2H3. The quantitative estimate of drug-likeness (QED) is 0.636. The molecule has 3 rings (SSSR count). The molecule has 1 amide bonds. The Balaban J connectivity index is 1.93. The topological polar surface area (TPSA) is 77.4 Å². The summed E-state index contributed by atoms with van der Waals surface area (Å²) in [5.41, 5.74) is 1.32. The summed E-state index contributed by atoms with van der Waals surface area (Å²) in [6.45, 7) is 0.734. The van der Waals surface area contributed by atoms with Crippen molar-refractivity contribution in [3.8, 4) is 16.3 Å². The van der Waals surface area contributed by atoms with E-state index in [1.807, 2.05) is 18.2 Å². The van der Waals surface area contributed by atoms with E-state index < -0.39 is 0 Å². The van der Waals surface area contributed by atoms with Crippen molar-refractivity contribution in [1.29, 1.82) is 0 Å². The number of pyridine rings is 1. The molecule has 0 N–H and O–H groups in total. The number of para-hydroxylation sites is 1. The lowest BCUT2D eigenvalue weighted by Crippen LogP contribution is -2.34. The van der Waals surface area contributed by atoms with Crippen LogP contribution in [0.5, 0.6) is 5.75 Å². The summed E-state index contributed by atoms with van der Waals surface area (Å²) in [6, 6.07) is 10.8. The van der Waals surface area contributed by atoms with Gasteiger partial charge in [-0.05, 0) is 24.3 Å². The van der Waals surface area contributed by atoms with Crippen molar-refractivity contribution in [2.75, 3.05) is 32.3 Å². The number of hydrogen-bond donors (Lipinski definition) is 0. The van der Waals surface area contributed by atoms with Crippen LogP contribution in [0.3, 0.4) is 0 Å². The summed E-state index contributed by atoms with van der Waals surface area (Å²) in [5.74, 6) is 0.297. The number of anilines is 1. The van der Waals surface area contributed by atoms with Crippen LogP contribution in [0, 0.1) is 0 Å². The van der Waals surface area contributed by atoms with Gasteiger partial charge in [-0.15, -0.1) is 10.2 Å². The SMILES string of the molecule is COCCN(C(=O)c1ccccc1OC)c1nnc(-c2cccnc2)s1. The highest BCUT2D eigenvalue weighted by Gasteiger charge is 2.24. The Hall–Kier alpha value is -2.84. The molecule has 3 aromatic rings. The summed E-state index contributed by atoms with van der Waals surface area (Å²) < 4.78 is 10.5. The molecule has 0 saturated heterocycles. The third-order valence-corrected chi connectivity index (χ3v) is 4.65. The van der Waals surface area contributed by atoms with Crippen molar-refractivity contribution in [1.82, 2.24) is 15.2 Å². The molecule has 2 heterocycles. The van der Waals surface area contributed by atoms with E-state index in [1.165, 1.54) is 18.4 Å². The molecule has 2 aromatic heterocycles. The third-order valence-electron chi connectivity index (χ3n) is 3.66. The van der Waals surface area contributed by atoms with E-state index in [0.717, 1.165) is 5.56 Å². The van der Waals surface area contributed by atoms with Crippen molar-refractivity contribution in [2.24, 2.45) is 0 Å². The van der Waals surface area contributed by atoms with Crippen LogP contribution in [-0.4, -0.2) is 48.5 Å². The van der Waals surface area contributed by atoms with Crippen LogP contribution in [0.15, 0.2) is 48.8 Å². The number of aromatic nitrogens is 3. The summed E-state index contributed by atoms with van der Waals surface area (Å²) in [5, 5.41) is 9.59. The van der Waals surface area contributed by atoms with Gasteiger partial charge in [-0.3, -0.25) is 14.7 Å². The molecule has 0 saturated carbocycles. The van der Waals surface area contributed by atoms with Crippen LogP contribution < -0.4 is 9.64 Å². The number of amides is 1. The molecule has 0 unspecified atom stereocenters. The average Bonchev–Trinajstić information content (AvgIpc) is 3.18. The number of ether oxygens (including phenoxy) is 2. The molecule has 0 fully saturated rings. The molecule has 0 aliphatic carbocycles. The van der Waals surface area contributed by atoms with E-state index in [1.54, 1.807) is 42.6 Å². The first-order valence-corrected chi connectivity index (χ1v) is 8.74. The third kappa shape index (κ3) is 3.87. The van der Waals surface area contributed by atoms with E-state index in [4.69, 9.17) is 9.47 Å². The molecule has 134 valence electrons. The number of methoxy groups -OCH3 is 2. The number of nitrogens with zero attached hydrogens (tertiary/aromatic N) is 4. The molecule has 0 aliphatic rings. The zero-order valence-corrected chi connectivity index (χ0v) is 15.3. The minimum atomic E-state index is -0.214. The first-order valence-electron chi connectivity index (χ1n) is 7.92. The average molecular weight is 370 g/mol. The Kier molecular flexibility index (Phi) is 5.88. The number of carbonyl (C=O) groups excluding carboxylic acids is 1. The lowest BCUT2D eigenvalue weighted by atomic mass is 10.2. The van der Waals surface area contributed by atoms with Gasteiger partial charge in [0.05, 0.1) is 25.8 Å². The Bertz CT molecular complexity index is 870. The molecular formula is C18H18N4O3S. The number of benzene rings is 1. The lowest BCUT2D eigenvalue weighted by Gasteiger charge is -2.20. The van der Waals surface area contributed by atoms with Crippen molar-refractivity contribution in [3.05, 3.63) is 54.4 Å². The van der Waals surface area contributed by atoms with Gasteiger partial charge in [-0.2, -0.15) is 0 Å². The highest BCUT2D eigenvalue weighted by molar-refractivity contribution is 7.18. The molecule has 8 heteroatoms. The van der Waals surface area contributed by atoms with E-state index >= 15 is 0 Å². The van der Waals surface area contributed by atoms with E-state index in [9.17, 15) is 4.79 Å². The summed E-state index contributed by atoms with van der Waals surface area (Å²) in [4.78, 5) is 18.7. The fraction of sp³-hybridized carbons (Fsp3) is 0.222. The van der Waals surface area contributed by atoms with Gasteiger partial charge in [-0.25, -0.2) is 0 Å². The summed E-state index contributed by atoms with van der Waals surface area (Å²) >= 11 is 1.33. The zero-order chi connectivity index (χ0) is 18.4. The Morgan fingerprint density at radius 3 is 2.73 bits per heavy atom. The number of rotatable bonds is 7. The molecule has 0 bridgehead atoms. The second kappa shape index (κ2) is 8.50. The Morgan fingerprint density at radius 1 is 1.15 bits per heavy atom. The van der Waals surface area contributed by atoms with Crippen molar-refractivity contribution < 1.29 is 14.3 Å². The summed E-state index contributed by atoms with van der Waals surface area (Å²) in [6.07, 6.45) is 3.41. The van der Waals surface area contributed by atoms with Crippen LogP contribution in [0.1, 0.15) is 10.4 Å². The first-order chi connectivity index (χ1) is 12.7. The van der Waals surface area contributed by atoms with Crippen LogP contribution in [-0.2, 0) is 4.74 Å². The summed E-state index contributed by atoms with van der Waals surface area (Å²) in [7, 11) is 3.13. The van der Waals surface area contributed by atoms with Crippen LogP contribution in [0.4, 0.5) is 5.13 Å². The predicted molar refractivity (Wildman–Crippen MR) is 99.7 cm³/mol. The van der Waals surface area contributed by atoms with E-state index in [2.05, 4.69) is 15.2 Å². The normalized spacial score (nSPS) is 10.5. The van der Waals surface area contributed by atoms with Crippen molar-refractivity contribution in [2.45, 2.75) is 0 Å². The number of carbonyl (C=O) groups is 1. The van der Waals surface area contributed by atoms with Gasteiger partial charge in [0, 0.05) is 25.1 Å². The molecule has 0 radical (unpaired) electrons. The van der Waals surface area contributed by atoms with Gasteiger partial charge in [0.15, 0.2) is 5.01 Å². The second-order valence-corrected chi connectivity index (χ2v) is 6.24. The molecule has 7 nitrogen and oxygen atoms in total. The molecule has 0 aliphatic heterocycles. The van der Waals surface area contributed by atoms with Gasteiger partial charge >= 0.3 is 0 Å². The lowest BCUT2D eigenvalue weighted by molar-refractivity contribution is 0.0973. The predicted octanol–water partition coefficient (Wildman–Crippen LogP) is 2.90. The maximum atomic E-state index is 13.1. The van der Waals surface area contributed by atoms with Gasteiger partial charge < -0.3 is 9.47 Å². The Labute approximate surface area is 155 Å². The van der Waals surface area contributed by atoms with E-state index in [0.29, 0.717) is 34.6 Å². The first kappa shape index (κ1) is 18.0. The maximum absolute atomic E-state index is 13.1. The largest absolute Gasteiger partial charge is 0.496 e. The van der Waals surface area contributed by atoms with Gasteiger partial charge in [0.1, 0.15) is 5.75 Å². The van der Waals surface area contributed by atoms with Gasteiger partial charge in [-0.1, -0.05) is 23.5 Å². The van der Waals surface area contributed by atoms with Crippen LogP contribution >= 0.6 is 11.3 Å². The van der Waals surface area contributed by atoms with Gasteiger partial charge in [0.25, 0.3) is 5.91 Å². The van der Waals surface area contributed by atoms with E-state index in [-0.39, 0.29) is 5.91 Å². The minimum Gasteiger partial charge on any atom is -0.496 e. The van der Waals surface area contributed by atoms with Crippen molar-refractivity contribution >= 4 is 22.4 Å². The Morgan fingerprint density at radius 2 is 2.00 bits per heavy atom. The monoisotopic (exact) mass is 370 g/mol. The molecule has 26 heavy (non-hydrogen) atoms. The van der Waals surface area contributed by atoms with Crippen LogP contribution in [0.25, 0.3) is 10.6 Å². The molecular weight excluding hydrogens is 352 g/mol.